The van der Waals surface area contributed by atoms with Gasteiger partial charge in [-0.15, -0.1) is 0 Å². The second kappa shape index (κ2) is 6.06. The molecule has 106 valence electrons. The van der Waals surface area contributed by atoms with Crippen molar-refractivity contribution in [3.63, 3.8) is 0 Å². The number of aliphatic hydroxyl groups excluding tert-OH is 1. The normalized spacial score (nSPS) is 12.2. The van der Waals surface area contributed by atoms with Gasteiger partial charge in [0.25, 0.3) is 0 Å². The molecular weight excluding hydrogens is 255 g/mol. The summed E-state index contributed by atoms with van der Waals surface area (Å²) in [5.41, 5.74) is 3.94. The average molecular weight is 274 g/mol. The predicted molar refractivity (Wildman–Crippen MR) is 77.3 cm³/mol. The number of aryl methyl sites for hydroxylation is 2. The van der Waals surface area contributed by atoms with E-state index < -0.39 is 6.10 Å². The lowest BCUT2D eigenvalue weighted by Gasteiger charge is -2.15. The molecule has 0 aliphatic rings. The van der Waals surface area contributed by atoms with Gasteiger partial charge in [0.05, 0.1) is 6.10 Å². The monoisotopic (exact) mass is 274 g/mol. The summed E-state index contributed by atoms with van der Waals surface area (Å²) >= 11 is 0. The summed E-state index contributed by atoms with van der Waals surface area (Å²) in [4.78, 5) is 0. The van der Waals surface area contributed by atoms with Crippen molar-refractivity contribution in [1.82, 2.24) is 0 Å². The maximum absolute atomic E-state index is 13.3. The molecule has 0 amide bonds. The van der Waals surface area contributed by atoms with Crippen LogP contribution in [-0.4, -0.2) is 5.11 Å². The molecule has 2 aromatic rings. The Hall–Kier alpha value is -1.87. The minimum Gasteiger partial charge on any atom is -0.488 e. The molecule has 0 saturated carbocycles. The van der Waals surface area contributed by atoms with Crippen molar-refractivity contribution < 1.29 is 14.2 Å². The second-order valence-electron chi connectivity index (χ2n) is 5.08. The lowest BCUT2D eigenvalue weighted by atomic mass is 10.1. The summed E-state index contributed by atoms with van der Waals surface area (Å²) in [6, 6.07) is 10.3. The van der Waals surface area contributed by atoms with E-state index in [0.29, 0.717) is 17.9 Å². The van der Waals surface area contributed by atoms with Gasteiger partial charge in [0.1, 0.15) is 18.2 Å². The van der Waals surface area contributed by atoms with Crippen LogP contribution in [0.4, 0.5) is 4.39 Å². The van der Waals surface area contributed by atoms with Crippen molar-refractivity contribution in [2.45, 2.75) is 33.5 Å². The van der Waals surface area contributed by atoms with E-state index in [1.54, 1.807) is 13.0 Å². The Bertz CT molecular complexity index is 606. The molecule has 0 radical (unpaired) electrons. The van der Waals surface area contributed by atoms with Gasteiger partial charge in [-0.05, 0) is 44.0 Å². The predicted octanol–water partition coefficient (Wildman–Crippen LogP) is 4.07. The highest BCUT2D eigenvalue weighted by Gasteiger charge is 2.11. The zero-order valence-electron chi connectivity index (χ0n) is 12.0. The molecule has 0 heterocycles. The quantitative estimate of drug-likeness (QED) is 0.910. The molecule has 0 aliphatic carbocycles. The van der Waals surface area contributed by atoms with Gasteiger partial charge >= 0.3 is 0 Å². The number of aliphatic hydroxyl groups is 1. The fourth-order valence-electron chi connectivity index (χ4n) is 2.09. The van der Waals surface area contributed by atoms with Crippen LogP contribution in [0.2, 0.25) is 0 Å². The standard InChI is InChI=1S/C17H19FO2/c1-11-4-5-12(2)14(8-11)10-20-17-9-15(18)6-7-16(17)13(3)19/h4-9,13,19H,10H2,1-3H3/t13-/m0/s1. The molecule has 0 unspecified atom stereocenters. The van der Waals surface area contributed by atoms with E-state index >= 15 is 0 Å². The lowest BCUT2D eigenvalue weighted by molar-refractivity contribution is 0.189. The van der Waals surface area contributed by atoms with Crippen molar-refractivity contribution in [1.29, 1.82) is 0 Å². The molecule has 0 aromatic heterocycles. The molecule has 2 aromatic carbocycles. The number of hydrogen-bond donors (Lipinski definition) is 1. The molecule has 0 aliphatic heterocycles. The molecule has 0 spiro atoms. The molecule has 2 nitrogen and oxygen atoms in total. The number of rotatable bonds is 4. The van der Waals surface area contributed by atoms with Crippen molar-refractivity contribution in [3.05, 3.63) is 64.5 Å². The first-order valence-corrected chi connectivity index (χ1v) is 6.64. The van der Waals surface area contributed by atoms with Gasteiger partial charge in [-0.25, -0.2) is 4.39 Å². The van der Waals surface area contributed by atoms with Crippen molar-refractivity contribution >= 4 is 0 Å². The van der Waals surface area contributed by atoms with E-state index in [-0.39, 0.29) is 5.82 Å². The van der Waals surface area contributed by atoms with Gasteiger partial charge in [-0.3, -0.25) is 0 Å². The van der Waals surface area contributed by atoms with Gasteiger partial charge in [0.15, 0.2) is 0 Å². The van der Waals surface area contributed by atoms with E-state index in [9.17, 15) is 9.50 Å². The molecule has 2 rings (SSSR count). The Morgan fingerprint density at radius 3 is 2.60 bits per heavy atom. The summed E-state index contributed by atoms with van der Waals surface area (Å²) in [5, 5.41) is 9.69. The van der Waals surface area contributed by atoms with Gasteiger partial charge in [0.2, 0.25) is 0 Å². The Morgan fingerprint density at radius 2 is 1.90 bits per heavy atom. The van der Waals surface area contributed by atoms with Crippen LogP contribution < -0.4 is 4.74 Å². The number of benzene rings is 2. The van der Waals surface area contributed by atoms with Crippen LogP contribution in [0.3, 0.4) is 0 Å². The smallest absolute Gasteiger partial charge is 0.128 e. The SMILES string of the molecule is Cc1ccc(C)c(COc2cc(F)ccc2[C@H](C)O)c1. The summed E-state index contributed by atoms with van der Waals surface area (Å²) in [6.07, 6.45) is -0.691. The van der Waals surface area contributed by atoms with Crippen molar-refractivity contribution in [2.24, 2.45) is 0 Å². The molecule has 0 saturated heterocycles. The number of halogens is 1. The zero-order valence-corrected chi connectivity index (χ0v) is 12.0. The molecule has 0 bridgehead atoms. The molecule has 3 heteroatoms. The third kappa shape index (κ3) is 3.36. The van der Waals surface area contributed by atoms with Crippen LogP contribution in [-0.2, 0) is 6.61 Å². The third-order valence-corrected chi connectivity index (χ3v) is 3.31. The third-order valence-electron chi connectivity index (χ3n) is 3.31. The highest BCUT2D eigenvalue weighted by Crippen LogP contribution is 2.27. The fraction of sp³-hybridized carbons (Fsp3) is 0.294. The maximum Gasteiger partial charge on any atom is 0.128 e. The van der Waals surface area contributed by atoms with E-state index in [1.807, 2.05) is 26.0 Å². The minimum atomic E-state index is -0.691. The summed E-state index contributed by atoms with van der Waals surface area (Å²) in [7, 11) is 0. The van der Waals surface area contributed by atoms with Crippen molar-refractivity contribution in [2.75, 3.05) is 0 Å². The van der Waals surface area contributed by atoms with Crippen LogP contribution >= 0.6 is 0 Å². The summed E-state index contributed by atoms with van der Waals surface area (Å²) in [6.45, 7) is 6.03. The maximum atomic E-state index is 13.3. The average Bonchev–Trinajstić information content (AvgIpc) is 2.39. The zero-order chi connectivity index (χ0) is 14.7. The Labute approximate surface area is 118 Å². The van der Waals surface area contributed by atoms with Crippen LogP contribution in [0.5, 0.6) is 5.75 Å². The first-order valence-electron chi connectivity index (χ1n) is 6.64. The molecular formula is C17H19FO2. The first kappa shape index (κ1) is 14.5. The lowest BCUT2D eigenvalue weighted by Crippen LogP contribution is -2.03. The van der Waals surface area contributed by atoms with Crippen LogP contribution in [0.15, 0.2) is 36.4 Å². The highest BCUT2D eigenvalue weighted by molar-refractivity contribution is 5.36. The molecule has 1 N–H and O–H groups in total. The molecule has 1 atom stereocenters. The van der Waals surface area contributed by atoms with Crippen LogP contribution in [0.25, 0.3) is 0 Å². The Balaban J connectivity index is 2.22. The minimum absolute atomic E-state index is 0.358. The van der Waals surface area contributed by atoms with Crippen LogP contribution in [0, 0.1) is 19.7 Å². The largest absolute Gasteiger partial charge is 0.488 e. The summed E-state index contributed by atoms with van der Waals surface area (Å²) < 4.78 is 19.0. The van der Waals surface area contributed by atoms with Crippen molar-refractivity contribution in [3.8, 4) is 5.75 Å². The van der Waals surface area contributed by atoms with Gasteiger partial charge in [0, 0.05) is 11.6 Å². The fourth-order valence-corrected chi connectivity index (χ4v) is 2.09. The highest BCUT2D eigenvalue weighted by atomic mass is 19.1. The topological polar surface area (TPSA) is 29.5 Å². The first-order chi connectivity index (χ1) is 9.47. The number of hydrogen-bond acceptors (Lipinski definition) is 2. The summed E-state index contributed by atoms with van der Waals surface area (Å²) in [5.74, 6) is 0.0197. The Morgan fingerprint density at radius 1 is 1.15 bits per heavy atom. The molecule has 0 fully saturated rings. The van der Waals surface area contributed by atoms with Crippen LogP contribution in [0.1, 0.15) is 35.3 Å². The second-order valence-corrected chi connectivity index (χ2v) is 5.08. The van der Waals surface area contributed by atoms with Gasteiger partial charge in [-0.1, -0.05) is 23.8 Å². The van der Waals surface area contributed by atoms with E-state index in [2.05, 4.69) is 6.07 Å². The van der Waals surface area contributed by atoms with Gasteiger partial charge < -0.3 is 9.84 Å². The van der Waals surface area contributed by atoms with E-state index in [0.717, 1.165) is 16.7 Å². The van der Waals surface area contributed by atoms with E-state index in [4.69, 9.17) is 4.74 Å². The van der Waals surface area contributed by atoms with E-state index in [1.165, 1.54) is 12.1 Å². The van der Waals surface area contributed by atoms with Gasteiger partial charge in [-0.2, -0.15) is 0 Å². The molecule has 20 heavy (non-hydrogen) atoms. The number of ether oxygens (including phenoxy) is 1. The Kier molecular flexibility index (Phi) is 4.40.